The van der Waals surface area contributed by atoms with E-state index in [0.717, 1.165) is 27.3 Å². The van der Waals surface area contributed by atoms with Gasteiger partial charge in [0.15, 0.2) is 13.0 Å². The van der Waals surface area contributed by atoms with E-state index in [2.05, 4.69) is 4.98 Å². The molecule has 12 heteroatoms. The predicted octanol–water partition coefficient (Wildman–Crippen LogP) is 3.36. The average Bonchev–Trinajstić information content (AvgIpc) is 3.40. The number of hydrogen-bond donors (Lipinski definition) is 2. The van der Waals surface area contributed by atoms with Gasteiger partial charge >= 0.3 is 11.7 Å². The van der Waals surface area contributed by atoms with Crippen LogP contribution in [0.3, 0.4) is 0 Å². The zero-order valence-electron chi connectivity index (χ0n) is 26.5. The van der Waals surface area contributed by atoms with Gasteiger partial charge in [-0.05, 0) is 41.0 Å². The maximum atomic E-state index is 12.8. The molecule has 1 aliphatic rings. The second kappa shape index (κ2) is 14.8. The number of aromatic amines is 1. The van der Waals surface area contributed by atoms with Crippen molar-refractivity contribution < 1.29 is 38.3 Å². The van der Waals surface area contributed by atoms with Gasteiger partial charge in [0, 0.05) is 12.3 Å². The number of carbonyl (C=O) groups excluding carboxylic acids is 1. The Balaban J connectivity index is 1.53. The third-order valence-electron chi connectivity index (χ3n) is 8.01. The molecule has 0 saturated carbocycles. The number of methoxy groups -OCH3 is 2. The Hall–Kier alpha value is -4.75. The number of hydrogen-bond acceptors (Lipinski definition) is 10. The van der Waals surface area contributed by atoms with Crippen LogP contribution in [0, 0.1) is 5.92 Å². The first kappa shape index (κ1) is 33.6. The molecule has 1 saturated heterocycles. The summed E-state index contributed by atoms with van der Waals surface area (Å²) in [6.45, 7) is 2.69. The van der Waals surface area contributed by atoms with Crippen molar-refractivity contribution in [2.45, 2.75) is 44.0 Å². The Kier molecular flexibility index (Phi) is 10.6. The maximum Gasteiger partial charge on any atom is 0.330 e. The summed E-state index contributed by atoms with van der Waals surface area (Å²) in [6, 6.07) is 25.7. The van der Waals surface area contributed by atoms with E-state index in [1.54, 1.807) is 28.1 Å². The third-order valence-corrected chi connectivity index (χ3v) is 8.01. The largest absolute Gasteiger partial charge is 0.497 e. The summed E-state index contributed by atoms with van der Waals surface area (Å²) >= 11 is 0. The van der Waals surface area contributed by atoms with Gasteiger partial charge in [-0.2, -0.15) is 0 Å². The fourth-order valence-corrected chi connectivity index (χ4v) is 5.51. The minimum absolute atomic E-state index is 0.172. The van der Waals surface area contributed by atoms with Crippen molar-refractivity contribution in [2.24, 2.45) is 5.92 Å². The summed E-state index contributed by atoms with van der Waals surface area (Å²) in [5.74, 6) is 0.423. The summed E-state index contributed by atoms with van der Waals surface area (Å²) in [5.41, 5.74) is -0.241. The summed E-state index contributed by atoms with van der Waals surface area (Å²) in [4.78, 5) is 38.8. The van der Waals surface area contributed by atoms with E-state index in [-0.39, 0.29) is 6.61 Å². The van der Waals surface area contributed by atoms with E-state index >= 15 is 0 Å². The van der Waals surface area contributed by atoms with Crippen LogP contribution >= 0.6 is 0 Å². The van der Waals surface area contributed by atoms with Crippen LogP contribution in [-0.4, -0.2) is 66.6 Å². The van der Waals surface area contributed by atoms with Gasteiger partial charge in [-0.15, -0.1) is 0 Å². The van der Waals surface area contributed by atoms with E-state index in [1.165, 1.54) is 6.20 Å². The highest BCUT2D eigenvalue weighted by Crippen LogP contribution is 2.43. The molecule has 12 nitrogen and oxygen atoms in total. The van der Waals surface area contributed by atoms with Gasteiger partial charge in [0.05, 0.1) is 26.7 Å². The second-order valence-corrected chi connectivity index (χ2v) is 11.3. The van der Waals surface area contributed by atoms with Crippen molar-refractivity contribution in [1.82, 2.24) is 9.55 Å². The van der Waals surface area contributed by atoms with E-state index < -0.39 is 60.1 Å². The number of aliphatic hydroxyl groups excluding tert-OH is 1. The summed E-state index contributed by atoms with van der Waals surface area (Å²) in [5, 5.41) is 11.6. The van der Waals surface area contributed by atoms with Gasteiger partial charge in [-0.3, -0.25) is 19.1 Å². The topological polar surface area (TPSA) is 148 Å². The number of ether oxygens (including phenoxy) is 6. The van der Waals surface area contributed by atoms with E-state index in [4.69, 9.17) is 28.4 Å². The normalized spacial score (nSPS) is 19.4. The Morgan fingerprint density at radius 2 is 1.47 bits per heavy atom. The molecule has 0 bridgehead atoms. The van der Waals surface area contributed by atoms with Crippen LogP contribution in [0.2, 0.25) is 0 Å². The fourth-order valence-electron chi connectivity index (χ4n) is 5.51. The molecule has 2 heterocycles. The third kappa shape index (κ3) is 7.15. The van der Waals surface area contributed by atoms with Crippen LogP contribution in [0.4, 0.5) is 0 Å². The number of esters is 1. The van der Waals surface area contributed by atoms with Crippen molar-refractivity contribution in [2.75, 3.05) is 27.6 Å². The molecule has 1 fully saturated rings. The first-order valence-electron chi connectivity index (χ1n) is 15.1. The van der Waals surface area contributed by atoms with Crippen LogP contribution in [0.5, 0.6) is 11.5 Å². The van der Waals surface area contributed by atoms with Gasteiger partial charge < -0.3 is 33.5 Å². The molecule has 0 amide bonds. The lowest BCUT2D eigenvalue weighted by atomic mass is 9.80. The first-order chi connectivity index (χ1) is 22.7. The van der Waals surface area contributed by atoms with Crippen LogP contribution < -0.4 is 20.7 Å². The van der Waals surface area contributed by atoms with Crippen molar-refractivity contribution in [3.05, 3.63) is 129 Å². The number of nitrogens with zero attached hydrogens (tertiary/aromatic N) is 1. The minimum Gasteiger partial charge on any atom is -0.497 e. The van der Waals surface area contributed by atoms with Gasteiger partial charge in [-0.1, -0.05) is 68.4 Å². The molecule has 0 unspecified atom stereocenters. The smallest absolute Gasteiger partial charge is 0.330 e. The van der Waals surface area contributed by atoms with Crippen molar-refractivity contribution >= 4 is 5.97 Å². The molecule has 0 radical (unpaired) electrons. The van der Waals surface area contributed by atoms with Crippen LogP contribution in [0.25, 0.3) is 0 Å². The number of nitrogens with one attached hydrogen (secondary N) is 1. The lowest BCUT2D eigenvalue weighted by Gasteiger charge is -2.37. The maximum absolute atomic E-state index is 12.8. The number of benzene rings is 3. The Morgan fingerprint density at radius 3 is 2.00 bits per heavy atom. The van der Waals surface area contributed by atoms with Gasteiger partial charge in [-0.25, -0.2) is 4.79 Å². The van der Waals surface area contributed by atoms with Crippen molar-refractivity contribution in [3.8, 4) is 11.5 Å². The zero-order chi connectivity index (χ0) is 33.6. The van der Waals surface area contributed by atoms with E-state index in [9.17, 15) is 19.5 Å². The van der Waals surface area contributed by atoms with Gasteiger partial charge in [0.25, 0.3) is 5.56 Å². The Bertz CT molecular complexity index is 1690. The highest BCUT2D eigenvalue weighted by Gasteiger charge is 2.48. The molecule has 4 atom stereocenters. The molecule has 2 N–H and O–H groups in total. The molecule has 5 rings (SSSR count). The van der Waals surface area contributed by atoms with Gasteiger partial charge in [0.2, 0.25) is 0 Å². The molecule has 1 aliphatic heterocycles. The monoisotopic (exact) mass is 646 g/mol. The first-order valence-corrected chi connectivity index (χ1v) is 15.1. The number of carbonyl (C=O) groups is 1. The van der Waals surface area contributed by atoms with Crippen LogP contribution in [0.1, 0.15) is 36.8 Å². The predicted molar refractivity (Wildman–Crippen MR) is 170 cm³/mol. The van der Waals surface area contributed by atoms with Crippen molar-refractivity contribution in [3.63, 3.8) is 0 Å². The van der Waals surface area contributed by atoms with Crippen molar-refractivity contribution in [1.29, 1.82) is 0 Å². The molecule has 248 valence electrons. The zero-order valence-corrected chi connectivity index (χ0v) is 26.5. The summed E-state index contributed by atoms with van der Waals surface area (Å²) < 4.78 is 36.1. The highest BCUT2D eigenvalue weighted by molar-refractivity contribution is 5.71. The Morgan fingerprint density at radius 1 is 0.894 bits per heavy atom. The molecule has 3 aromatic carbocycles. The Labute approximate surface area is 271 Å². The molecular weight excluding hydrogens is 608 g/mol. The highest BCUT2D eigenvalue weighted by atomic mass is 16.7. The standard InChI is InChI=1S/C35H38N2O10/c1-22(2)33(40)45-21-44-31-30(39)28(47-32(31)37-19-18-29(38)36-34(37)41)20-46-35(23-8-6-5-7-9-23,24-10-14-26(42-3)15-11-24)25-12-16-27(43-4)17-13-25/h5-19,22,28,30-32,39H,20-21H2,1-4H3,(H,36,38,41)/t28-,30-,31-,32-/m1/s1. The number of aliphatic hydroxyl groups is 1. The summed E-state index contributed by atoms with van der Waals surface area (Å²) in [7, 11) is 3.18. The quantitative estimate of drug-likeness (QED) is 0.126. The molecule has 1 aromatic heterocycles. The molecule has 0 aliphatic carbocycles. The summed E-state index contributed by atoms with van der Waals surface area (Å²) in [6.07, 6.45) is -3.46. The lowest BCUT2D eigenvalue weighted by molar-refractivity contribution is -0.174. The fraction of sp³-hybridized carbons (Fsp3) is 0.343. The number of rotatable bonds is 13. The van der Waals surface area contributed by atoms with Gasteiger partial charge in [0.1, 0.15) is 35.4 Å². The van der Waals surface area contributed by atoms with E-state index in [1.807, 2.05) is 78.9 Å². The molecule has 0 spiro atoms. The van der Waals surface area contributed by atoms with E-state index in [0.29, 0.717) is 11.5 Å². The molecule has 47 heavy (non-hydrogen) atoms. The SMILES string of the molecule is COc1ccc(C(OC[C@H]2O[C@@H](n3ccc(=O)[nH]c3=O)[C@H](OCOC(=O)C(C)C)[C@@H]2O)(c2ccccc2)c2ccc(OC)cc2)cc1. The number of aromatic nitrogens is 2. The molecular formula is C35H38N2O10. The second-order valence-electron chi connectivity index (χ2n) is 11.3. The van der Waals surface area contributed by atoms with Crippen LogP contribution in [0.15, 0.2) is 101 Å². The minimum atomic E-state index is -1.34. The molecule has 4 aromatic rings. The van der Waals surface area contributed by atoms with Crippen LogP contribution in [-0.2, 0) is 29.3 Å². The lowest BCUT2D eigenvalue weighted by Crippen LogP contribution is -2.41. The average molecular weight is 647 g/mol. The number of H-pyrrole nitrogens is 1.